The van der Waals surface area contributed by atoms with Crippen LogP contribution in [0.25, 0.3) is 5.65 Å². The second-order valence-electron chi connectivity index (χ2n) is 8.14. The molecule has 1 saturated heterocycles. The largest absolute Gasteiger partial charge is 0.396 e. The molecule has 3 heterocycles. The van der Waals surface area contributed by atoms with Gasteiger partial charge in [0.15, 0.2) is 0 Å². The van der Waals surface area contributed by atoms with Crippen LogP contribution in [0.15, 0.2) is 59.5 Å². The Balaban J connectivity index is 1.40. The fourth-order valence-electron chi connectivity index (χ4n) is 5.22. The molecule has 1 aliphatic carbocycles. The molecule has 0 amide bonds. The summed E-state index contributed by atoms with van der Waals surface area (Å²) in [7, 11) is 0. The van der Waals surface area contributed by atoms with Gasteiger partial charge in [-0.3, -0.25) is 14.1 Å². The molecule has 0 unspecified atom stereocenters. The second kappa shape index (κ2) is 6.92. The van der Waals surface area contributed by atoms with Gasteiger partial charge in [0.05, 0.1) is 16.8 Å². The number of β-amino-alcohol motifs (C(OH)–C–C–N with tert-alkyl or cyclic N) is 1. The predicted molar refractivity (Wildman–Crippen MR) is 110 cm³/mol. The molecule has 2 aliphatic rings. The van der Waals surface area contributed by atoms with Crippen molar-refractivity contribution in [3.05, 3.63) is 81.4 Å². The number of benzene rings is 1. The van der Waals surface area contributed by atoms with Crippen LogP contribution in [0.2, 0.25) is 5.02 Å². The zero-order valence-electron chi connectivity index (χ0n) is 15.8. The number of aliphatic hydroxyl groups excluding tert-OH is 2. The summed E-state index contributed by atoms with van der Waals surface area (Å²) in [5, 5.41) is 21.3. The van der Waals surface area contributed by atoms with Crippen LogP contribution >= 0.6 is 11.6 Å². The Hall–Kier alpha value is -2.25. The van der Waals surface area contributed by atoms with Crippen molar-refractivity contribution in [1.82, 2.24) is 14.3 Å². The lowest BCUT2D eigenvalue weighted by Gasteiger charge is -2.16. The van der Waals surface area contributed by atoms with E-state index in [1.54, 1.807) is 18.3 Å². The summed E-state index contributed by atoms with van der Waals surface area (Å²) in [5.74, 6) is 0.188. The molecule has 29 heavy (non-hydrogen) atoms. The quantitative estimate of drug-likeness (QED) is 0.685. The molecule has 1 aliphatic heterocycles. The maximum Gasteiger partial charge on any atom is 0.258 e. The highest BCUT2D eigenvalue weighted by atomic mass is 35.5. The molecular weight excluding hydrogens is 390 g/mol. The van der Waals surface area contributed by atoms with E-state index in [4.69, 9.17) is 11.6 Å². The van der Waals surface area contributed by atoms with Gasteiger partial charge in [0.1, 0.15) is 5.65 Å². The Morgan fingerprint density at radius 2 is 2.00 bits per heavy atom. The summed E-state index contributed by atoms with van der Waals surface area (Å²) in [6.45, 7) is 1.70. The predicted octanol–water partition coefficient (Wildman–Crippen LogP) is 1.92. The van der Waals surface area contributed by atoms with Gasteiger partial charge in [0, 0.05) is 43.9 Å². The van der Waals surface area contributed by atoms with E-state index in [9.17, 15) is 15.0 Å². The average molecular weight is 412 g/mol. The van der Waals surface area contributed by atoms with Crippen molar-refractivity contribution in [3.8, 4) is 0 Å². The van der Waals surface area contributed by atoms with Crippen LogP contribution < -0.4 is 5.56 Å². The molecule has 2 N–H and O–H groups in total. The molecule has 150 valence electrons. The van der Waals surface area contributed by atoms with Gasteiger partial charge in [0.25, 0.3) is 5.56 Å². The fraction of sp³-hybridized carbons (Fsp3) is 0.364. The average Bonchev–Trinajstić information content (AvgIpc) is 3.26. The summed E-state index contributed by atoms with van der Waals surface area (Å²) in [6, 6.07) is 15.0. The highest BCUT2D eigenvalue weighted by Gasteiger charge is 2.70. The highest BCUT2D eigenvalue weighted by Crippen LogP contribution is 2.68. The van der Waals surface area contributed by atoms with E-state index in [1.807, 2.05) is 18.2 Å². The van der Waals surface area contributed by atoms with Crippen LogP contribution in [0.3, 0.4) is 0 Å². The van der Waals surface area contributed by atoms with E-state index in [0.29, 0.717) is 36.0 Å². The van der Waals surface area contributed by atoms with Crippen molar-refractivity contribution < 1.29 is 10.2 Å². The van der Waals surface area contributed by atoms with Gasteiger partial charge in [-0.05, 0) is 29.5 Å². The molecule has 7 heteroatoms. The number of pyridine rings is 1. The maximum atomic E-state index is 12.4. The first kappa shape index (κ1) is 18.8. The monoisotopic (exact) mass is 411 g/mol. The summed E-state index contributed by atoms with van der Waals surface area (Å²) in [5.41, 5.74) is 1.86. The lowest BCUT2D eigenvalue weighted by atomic mass is 9.95. The number of hydrogen-bond acceptors (Lipinski definition) is 5. The highest BCUT2D eigenvalue weighted by molar-refractivity contribution is 6.30. The van der Waals surface area contributed by atoms with Crippen LogP contribution in [0.5, 0.6) is 0 Å². The Morgan fingerprint density at radius 1 is 1.21 bits per heavy atom. The van der Waals surface area contributed by atoms with Gasteiger partial charge in [-0.15, -0.1) is 0 Å². The Kier molecular flexibility index (Phi) is 4.47. The molecule has 2 fully saturated rings. The Bertz CT molecular complexity index is 1120. The van der Waals surface area contributed by atoms with E-state index in [2.05, 4.69) is 22.0 Å². The number of fused-ring (bicyclic) bond motifs is 1. The van der Waals surface area contributed by atoms with E-state index in [1.165, 1.54) is 10.5 Å². The first-order valence-corrected chi connectivity index (χ1v) is 10.1. The van der Waals surface area contributed by atoms with Gasteiger partial charge >= 0.3 is 0 Å². The standard InChI is InChI=1S/C22H22ClN3O3/c23-15-6-7-19-24-16(8-20(29)26(19)9-15)10-25-11-18(28)22(13-25)17(12-27)21(22)14-4-2-1-3-5-14/h1-9,17-18,21,27-28H,10-13H2/t17-,18+,21-,22-/m1/s1. The molecule has 5 rings (SSSR count). The zero-order valence-corrected chi connectivity index (χ0v) is 16.5. The smallest absolute Gasteiger partial charge is 0.258 e. The maximum absolute atomic E-state index is 12.4. The third kappa shape index (κ3) is 2.99. The zero-order chi connectivity index (χ0) is 20.2. The molecule has 6 nitrogen and oxygen atoms in total. The van der Waals surface area contributed by atoms with Crippen molar-refractivity contribution in [2.24, 2.45) is 11.3 Å². The summed E-state index contributed by atoms with van der Waals surface area (Å²) in [4.78, 5) is 19.1. The molecule has 1 spiro atoms. The molecule has 4 atom stereocenters. The minimum absolute atomic E-state index is 0.0437. The van der Waals surface area contributed by atoms with Crippen molar-refractivity contribution in [3.63, 3.8) is 0 Å². The minimum atomic E-state index is -0.523. The SMILES string of the molecule is O=c1cc(CN2C[C@H](O)[C@@]3(C2)[C@H](CO)[C@H]3c2ccccc2)nc2ccc(Cl)cn12. The van der Waals surface area contributed by atoms with E-state index in [0.717, 1.165) is 5.56 Å². The van der Waals surface area contributed by atoms with Gasteiger partial charge in [0.2, 0.25) is 0 Å². The van der Waals surface area contributed by atoms with Crippen LogP contribution in [0.4, 0.5) is 0 Å². The van der Waals surface area contributed by atoms with E-state index >= 15 is 0 Å². The fourth-order valence-corrected chi connectivity index (χ4v) is 5.38. The summed E-state index contributed by atoms with van der Waals surface area (Å²) in [6.07, 6.45) is 1.04. The number of likely N-dealkylation sites (tertiary alicyclic amines) is 1. The number of aromatic nitrogens is 2. The van der Waals surface area contributed by atoms with Crippen molar-refractivity contribution >= 4 is 17.2 Å². The number of hydrogen-bond donors (Lipinski definition) is 2. The van der Waals surface area contributed by atoms with Crippen molar-refractivity contribution in [1.29, 1.82) is 0 Å². The second-order valence-corrected chi connectivity index (χ2v) is 8.57. The Morgan fingerprint density at radius 3 is 2.76 bits per heavy atom. The van der Waals surface area contributed by atoms with E-state index in [-0.39, 0.29) is 29.4 Å². The van der Waals surface area contributed by atoms with Gasteiger partial charge < -0.3 is 10.2 Å². The Labute approximate surface area is 173 Å². The molecular formula is C22H22ClN3O3. The van der Waals surface area contributed by atoms with Crippen molar-refractivity contribution in [2.45, 2.75) is 18.6 Å². The lowest BCUT2D eigenvalue weighted by molar-refractivity contribution is 0.111. The third-order valence-corrected chi connectivity index (χ3v) is 6.75. The van der Waals surface area contributed by atoms with Crippen LogP contribution in [0.1, 0.15) is 17.2 Å². The lowest BCUT2D eigenvalue weighted by Crippen LogP contribution is -2.24. The number of halogens is 1. The van der Waals surface area contributed by atoms with Gasteiger partial charge in [-0.25, -0.2) is 4.98 Å². The number of nitrogens with zero attached hydrogens (tertiary/aromatic N) is 3. The molecule has 3 aromatic rings. The molecule has 1 aromatic carbocycles. The molecule has 0 bridgehead atoms. The first-order valence-electron chi connectivity index (χ1n) is 9.77. The van der Waals surface area contributed by atoms with Gasteiger partial charge in [-0.2, -0.15) is 0 Å². The van der Waals surface area contributed by atoms with Crippen LogP contribution in [0, 0.1) is 11.3 Å². The molecule has 2 aromatic heterocycles. The van der Waals surface area contributed by atoms with Crippen LogP contribution in [-0.2, 0) is 6.54 Å². The first-order chi connectivity index (χ1) is 14.0. The number of aliphatic hydroxyl groups is 2. The molecule has 0 radical (unpaired) electrons. The minimum Gasteiger partial charge on any atom is -0.396 e. The van der Waals surface area contributed by atoms with E-state index < -0.39 is 6.10 Å². The summed E-state index contributed by atoms with van der Waals surface area (Å²) >= 11 is 5.97. The summed E-state index contributed by atoms with van der Waals surface area (Å²) < 4.78 is 1.43. The normalized spacial score (nSPS) is 29.0. The van der Waals surface area contributed by atoms with Crippen LogP contribution in [-0.4, -0.2) is 50.3 Å². The molecule has 1 saturated carbocycles. The van der Waals surface area contributed by atoms with Gasteiger partial charge in [-0.1, -0.05) is 41.9 Å². The topological polar surface area (TPSA) is 78.1 Å². The van der Waals surface area contributed by atoms with Crippen molar-refractivity contribution in [2.75, 3.05) is 19.7 Å². The third-order valence-electron chi connectivity index (χ3n) is 6.53. The number of rotatable bonds is 4.